The maximum atomic E-state index is 12.6. The van der Waals surface area contributed by atoms with Crippen molar-refractivity contribution in [3.8, 4) is 0 Å². The lowest BCUT2D eigenvalue weighted by atomic mass is 9.81. The summed E-state index contributed by atoms with van der Waals surface area (Å²) in [5, 5.41) is 14.1. The molecule has 0 fully saturated rings. The van der Waals surface area contributed by atoms with Crippen molar-refractivity contribution in [2.24, 2.45) is 0 Å². The van der Waals surface area contributed by atoms with Crippen LogP contribution in [0.1, 0.15) is 25.3 Å². The molecule has 0 aliphatic carbocycles. The van der Waals surface area contributed by atoms with Crippen molar-refractivity contribution in [3.05, 3.63) is 62.5 Å². The molecule has 0 spiro atoms. The van der Waals surface area contributed by atoms with Crippen LogP contribution in [0.2, 0.25) is 0 Å². The molecular formula is C18H20N2O6. The number of carbonyl (C=O) groups is 2. The lowest BCUT2D eigenvalue weighted by Crippen LogP contribution is -2.30. The molecular weight excluding hydrogens is 340 g/mol. The van der Waals surface area contributed by atoms with E-state index in [0.717, 1.165) is 0 Å². The second kappa shape index (κ2) is 8.39. The molecule has 138 valence electrons. The Balaban J connectivity index is 2.52. The summed E-state index contributed by atoms with van der Waals surface area (Å²) in [6.45, 7) is 3.71. The van der Waals surface area contributed by atoms with Gasteiger partial charge >= 0.3 is 5.97 Å². The molecule has 2 rings (SSSR count). The Hall–Kier alpha value is -3.00. The fraction of sp³-hybridized carbons (Fsp3) is 0.333. The van der Waals surface area contributed by atoms with Gasteiger partial charge in [-0.1, -0.05) is 12.1 Å². The number of rotatable bonds is 7. The van der Waals surface area contributed by atoms with Gasteiger partial charge in [0.15, 0.2) is 0 Å². The van der Waals surface area contributed by atoms with E-state index in [2.05, 4.69) is 5.32 Å². The van der Waals surface area contributed by atoms with E-state index >= 15 is 0 Å². The number of methoxy groups -OCH3 is 1. The number of benzene rings is 1. The minimum Gasteiger partial charge on any atom is -0.460 e. The molecule has 0 saturated carbocycles. The van der Waals surface area contributed by atoms with Crippen LogP contribution in [-0.2, 0) is 19.1 Å². The topological polar surface area (TPSA) is 108 Å². The fourth-order valence-corrected chi connectivity index (χ4v) is 2.90. The number of nitro groups is 1. The maximum absolute atomic E-state index is 12.6. The highest BCUT2D eigenvalue weighted by atomic mass is 16.6. The van der Waals surface area contributed by atoms with E-state index in [1.165, 1.54) is 25.3 Å². The third-order valence-electron chi connectivity index (χ3n) is 4.09. The minimum atomic E-state index is -0.747. The number of nitrogens with one attached hydrogen (secondary N) is 1. The first-order chi connectivity index (χ1) is 12.4. The van der Waals surface area contributed by atoms with Gasteiger partial charge < -0.3 is 14.8 Å². The van der Waals surface area contributed by atoms with E-state index < -0.39 is 16.8 Å². The van der Waals surface area contributed by atoms with E-state index in [1.54, 1.807) is 19.9 Å². The van der Waals surface area contributed by atoms with Crippen molar-refractivity contribution in [2.75, 3.05) is 20.3 Å². The summed E-state index contributed by atoms with van der Waals surface area (Å²) in [4.78, 5) is 34.9. The molecule has 0 aromatic heterocycles. The Kier molecular flexibility index (Phi) is 6.24. The summed E-state index contributed by atoms with van der Waals surface area (Å²) >= 11 is 0. The molecule has 8 nitrogen and oxygen atoms in total. The van der Waals surface area contributed by atoms with Gasteiger partial charge in [0.05, 0.1) is 17.1 Å². The summed E-state index contributed by atoms with van der Waals surface area (Å²) in [7, 11) is 1.49. The molecule has 0 bridgehead atoms. The Morgan fingerprint density at radius 1 is 1.31 bits per heavy atom. The lowest BCUT2D eigenvalue weighted by molar-refractivity contribution is -0.384. The third kappa shape index (κ3) is 3.97. The predicted octanol–water partition coefficient (Wildman–Crippen LogP) is 2.22. The number of nitro benzene ring substituents is 1. The number of hydrogen-bond acceptors (Lipinski definition) is 7. The van der Waals surface area contributed by atoms with Gasteiger partial charge in [-0.25, -0.2) is 4.79 Å². The van der Waals surface area contributed by atoms with Crippen LogP contribution >= 0.6 is 0 Å². The summed E-state index contributed by atoms with van der Waals surface area (Å²) < 4.78 is 10.1. The number of ether oxygens (including phenoxy) is 2. The van der Waals surface area contributed by atoms with Crippen LogP contribution in [0.25, 0.3) is 0 Å². The standard InChI is InChI=1S/C18H20N2O6/c1-11-15(10-21)17(13-5-4-6-14(9-13)20(23)24)16(12(2)19-11)18(22)26-8-7-25-3/h4-6,9-10,17,19H,7-8H2,1-3H3. The van der Waals surface area contributed by atoms with Gasteiger partial charge in [-0.15, -0.1) is 0 Å². The summed E-state index contributed by atoms with van der Waals surface area (Å²) in [6.07, 6.45) is 0.653. The van der Waals surface area contributed by atoms with Crippen LogP contribution in [0.3, 0.4) is 0 Å². The molecule has 0 saturated heterocycles. The van der Waals surface area contributed by atoms with Gasteiger partial charge in [-0.2, -0.15) is 0 Å². The first kappa shape index (κ1) is 19.3. The van der Waals surface area contributed by atoms with Gasteiger partial charge in [0.1, 0.15) is 12.9 Å². The molecule has 0 amide bonds. The van der Waals surface area contributed by atoms with Crippen molar-refractivity contribution < 1.29 is 24.0 Å². The molecule has 1 aliphatic rings. The second-order valence-corrected chi connectivity index (χ2v) is 5.78. The van der Waals surface area contributed by atoms with Gasteiger partial charge in [-0.05, 0) is 19.4 Å². The molecule has 1 heterocycles. The average molecular weight is 360 g/mol. The zero-order valence-corrected chi connectivity index (χ0v) is 14.8. The highest BCUT2D eigenvalue weighted by Gasteiger charge is 2.34. The Bertz CT molecular complexity index is 797. The first-order valence-corrected chi connectivity index (χ1v) is 7.94. The number of nitrogens with zero attached hydrogens (tertiary/aromatic N) is 1. The van der Waals surface area contributed by atoms with Crippen LogP contribution in [0.4, 0.5) is 5.69 Å². The zero-order valence-electron chi connectivity index (χ0n) is 14.8. The number of non-ortho nitro benzene ring substituents is 1. The molecule has 1 unspecified atom stereocenters. The number of hydrogen-bond donors (Lipinski definition) is 1. The van der Waals surface area contributed by atoms with Crippen molar-refractivity contribution in [2.45, 2.75) is 19.8 Å². The number of aldehydes is 1. The van der Waals surface area contributed by atoms with Crippen LogP contribution in [-0.4, -0.2) is 37.5 Å². The van der Waals surface area contributed by atoms with Crippen molar-refractivity contribution in [1.29, 1.82) is 0 Å². The lowest BCUT2D eigenvalue weighted by Gasteiger charge is -2.29. The van der Waals surface area contributed by atoms with Crippen molar-refractivity contribution in [1.82, 2.24) is 5.32 Å². The molecule has 0 radical (unpaired) electrons. The monoisotopic (exact) mass is 360 g/mol. The normalized spacial score (nSPS) is 17.0. The molecule has 1 aromatic rings. The van der Waals surface area contributed by atoms with Gasteiger partial charge in [0.2, 0.25) is 0 Å². The second-order valence-electron chi connectivity index (χ2n) is 5.78. The molecule has 1 aromatic carbocycles. The highest BCUT2D eigenvalue weighted by molar-refractivity contribution is 5.96. The minimum absolute atomic E-state index is 0.0624. The molecule has 1 N–H and O–H groups in total. The molecule has 1 atom stereocenters. The molecule has 26 heavy (non-hydrogen) atoms. The molecule has 8 heteroatoms. The SMILES string of the molecule is COCCOC(=O)C1=C(C)NC(C)=C(C=O)C1c1cccc([N+](=O)[O-])c1. The summed E-state index contributed by atoms with van der Waals surface area (Å²) in [5.74, 6) is -1.35. The average Bonchev–Trinajstić information content (AvgIpc) is 2.61. The van der Waals surface area contributed by atoms with E-state index in [-0.39, 0.29) is 24.5 Å². The Morgan fingerprint density at radius 3 is 2.65 bits per heavy atom. The van der Waals surface area contributed by atoms with Crippen molar-refractivity contribution in [3.63, 3.8) is 0 Å². The quantitative estimate of drug-likeness (QED) is 0.261. The maximum Gasteiger partial charge on any atom is 0.336 e. The van der Waals surface area contributed by atoms with Crippen molar-refractivity contribution >= 4 is 17.9 Å². The number of carbonyl (C=O) groups excluding carboxylic acids is 2. The predicted molar refractivity (Wildman–Crippen MR) is 93.3 cm³/mol. The van der Waals surface area contributed by atoms with Gasteiger partial charge in [-0.3, -0.25) is 14.9 Å². The summed E-state index contributed by atoms with van der Waals surface area (Å²) in [5.41, 5.74) is 2.05. The van der Waals surface area contributed by atoms with Gasteiger partial charge in [0.25, 0.3) is 5.69 Å². The van der Waals surface area contributed by atoms with Crippen LogP contribution in [0.5, 0.6) is 0 Å². The smallest absolute Gasteiger partial charge is 0.336 e. The van der Waals surface area contributed by atoms with E-state index in [4.69, 9.17) is 9.47 Å². The first-order valence-electron chi connectivity index (χ1n) is 7.94. The van der Waals surface area contributed by atoms with E-state index in [1.807, 2.05) is 0 Å². The highest BCUT2D eigenvalue weighted by Crippen LogP contribution is 2.38. The molecule has 1 aliphatic heterocycles. The summed E-state index contributed by atoms with van der Waals surface area (Å²) in [6, 6.07) is 5.89. The number of esters is 1. The Morgan fingerprint density at radius 2 is 2.04 bits per heavy atom. The fourth-order valence-electron chi connectivity index (χ4n) is 2.90. The van der Waals surface area contributed by atoms with Crippen LogP contribution < -0.4 is 5.32 Å². The van der Waals surface area contributed by atoms with E-state index in [0.29, 0.717) is 28.8 Å². The zero-order chi connectivity index (χ0) is 19.3. The third-order valence-corrected chi connectivity index (χ3v) is 4.09. The Labute approximate surface area is 150 Å². The number of dihydropyridines is 1. The van der Waals surface area contributed by atoms with Crippen LogP contribution in [0.15, 0.2) is 46.8 Å². The van der Waals surface area contributed by atoms with Gasteiger partial charge in [0, 0.05) is 42.1 Å². The largest absolute Gasteiger partial charge is 0.460 e. The van der Waals surface area contributed by atoms with E-state index in [9.17, 15) is 19.7 Å². The number of allylic oxidation sites excluding steroid dienone is 3. The van der Waals surface area contributed by atoms with Crippen LogP contribution in [0, 0.1) is 10.1 Å².